The quantitative estimate of drug-likeness (QED) is 0.176. The minimum Gasteiger partial charge on any atom is -0.378 e. The lowest BCUT2D eigenvalue weighted by atomic mass is 9.72. The van der Waals surface area contributed by atoms with Crippen LogP contribution in [0.15, 0.2) is 145 Å². The number of halogens is 4. The average Bonchev–Trinajstić information content (AvgIpc) is 3.00. The number of nitrogens with one attached hydrogen (secondary N) is 1. The van der Waals surface area contributed by atoms with E-state index >= 15 is 0 Å². The van der Waals surface area contributed by atoms with Gasteiger partial charge >= 0.3 is 0 Å². The molecule has 1 aliphatic carbocycles. The molecule has 0 saturated heterocycles. The zero-order valence-electron chi connectivity index (χ0n) is 22.6. The Morgan fingerprint density at radius 2 is 1.21 bits per heavy atom. The molecule has 42 heavy (non-hydrogen) atoms. The van der Waals surface area contributed by atoms with Gasteiger partial charge in [-0.15, -0.1) is 0 Å². The predicted octanol–water partition coefficient (Wildman–Crippen LogP) is 11.8. The molecule has 2 nitrogen and oxygen atoms in total. The Hall–Kier alpha value is -2.64. The van der Waals surface area contributed by atoms with Crippen LogP contribution in [0.1, 0.15) is 34.2 Å². The van der Waals surface area contributed by atoms with Crippen molar-refractivity contribution in [3.05, 3.63) is 168 Å². The standard InChI is InChI=1S/C36H28Br4N2/c37-26-13-17-28(18-14-26)41-36-30-9-3-1-8-25(30)23-34(35(36)31-10-4-6-12-33(31)40)42(29-19-15-27(38)16-20-29)22-21-24-7-2-5-11-32(24)39/h1-22,34-36,41H,23H2/b22-21+/t34-,35-,36-/m1/s1. The number of nitrogens with zero attached hydrogens (tertiary/aromatic N) is 1. The summed E-state index contributed by atoms with van der Waals surface area (Å²) in [7, 11) is 0. The molecule has 3 atom stereocenters. The van der Waals surface area contributed by atoms with E-state index in [0.29, 0.717) is 0 Å². The topological polar surface area (TPSA) is 15.3 Å². The average molecular weight is 808 g/mol. The van der Waals surface area contributed by atoms with E-state index in [1.807, 2.05) is 6.07 Å². The van der Waals surface area contributed by atoms with Crippen LogP contribution in [-0.2, 0) is 6.42 Å². The smallest absolute Gasteiger partial charge is 0.0605 e. The Morgan fingerprint density at radius 1 is 0.619 bits per heavy atom. The van der Waals surface area contributed by atoms with E-state index in [2.05, 4.69) is 201 Å². The summed E-state index contributed by atoms with van der Waals surface area (Å²) in [5.74, 6) is 0.117. The van der Waals surface area contributed by atoms with E-state index in [1.165, 1.54) is 16.7 Å². The zero-order chi connectivity index (χ0) is 29.1. The molecule has 0 spiro atoms. The zero-order valence-corrected chi connectivity index (χ0v) is 28.9. The van der Waals surface area contributed by atoms with E-state index in [9.17, 15) is 0 Å². The van der Waals surface area contributed by atoms with E-state index in [4.69, 9.17) is 0 Å². The Labute approximate surface area is 281 Å². The van der Waals surface area contributed by atoms with Crippen LogP contribution in [0.3, 0.4) is 0 Å². The molecule has 0 saturated carbocycles. The molecule has 5 aromatic rings. The Kier molecular flexibility index (Phi) is 9.35. The minimum absolute atomic E-state index is 0.0367. The van der Waals surface area contributed by atoms with E-state index < -0.39 is 0 Å². The Balaban J connectivity index is 1.54. The van der Waals surface area contributed by atoms with Crippen molar-refractivity contribution in [1.82, 2.24) is 0 Å². The van der Waals surface area contributed by atoms with E-state index in [1.54, 1.807) is 0 Å². The fourth-order valence-electron chi connectivity index (χ4n) is 5.86. The Morgan fingerprint density at radius 3 is 1.90 bits per heavy atom. The second kappa shape index (κ2) is 13.3. The van der Waals surface area contributed by atoms with Crippen molar-refractivity contribution >= 4 is 81.2 Å². The molecular weight excluding hydrogens is 780 g/mol. The molecule has 0 fully saturated rings. The highest BCUT2D eigenvalue weighted by atomic mass is 79.9. The second-order valence-corrected chi connectivity index (χ2v) is 13.9. The molecule has 0 radical (unpaired) electrons. The summed E-state index contributed by atoms with van der Waals surface area (Å²) in [4.78, 5) is 2.46. The maximum absolute atomic E-state index is 3.96. The highest BCUT2D eigenvalue weighted by Crippen LogP contribution is 2.47. The van der Waals surface area contributed by atoms with Crippen LogP contribution >= 0.6 is 63.7 Å². The van der Waals surface area contributed by atoms with Gasteiger partial charge < -0.3 is 10.2 Å². The largest absolute Gasteiger partial charge is 0.378 e. The summed E-state index contributed by atoms with van der Waals surface area (Å²) in [5, 5.41) is 3.96. The monoisotopic (exact) mass is 804 g/mol. The molecule has 1 N–H and O–H groups in total. The van der Waals surface area contributed by atoms with Crippen LogP contribution in [0.2, 0.25) is 0 Å². The molecule has 210 valence electrons. The molecule has 5 aromatic carbocycles. The first kappa shape index (κ1) is 29.4. The molecule has 0 unspecified atom stereocenters. The SMILES string of the molecule is Brc1ccc(N[C@@H]2c3ccccc3C[C@@H](N(/C=C/c3ccccc3Br)c3ccc(Br)cc3)[C@H]2c2ccccc2Br)cc1. The molecule has 0 bridgehead atoms. The summed E-state index contributed by atoms with van der Waals surface area (Å²) >= 11 is 14.9. The lowest BCUT2D eigenvalue weighted by molar-refractivity contribution is 0.435. The first-order valence-electron chi connectivity index (χ1n) is 13.8. The summed E-state index contributed by atoms with van der Waals surface area (Å²) in [6.45, 7) is 0. The number of anilines is 2. The van der Waals surface area contributed by atoms with Gasteiger partial charge in [0.25, 0.3) is 0 Å². The summed E-state index contributed by atoms with van der Waals surface area (Å²) in [6, 6.07) is 43.2. The van der Waals surface area contributed by atoms with E-state index in [0.717, 1.165) is 41.2 Å². The molecule has 0 heterocycles. The lowest BCUT2D eigenvalue weighted by Crippen LogP contribution is -2.45. The first-order chi connectivity index (χ1) is 20.5. The van der Waals surface area contributed by atoms with Gasteiger partial charge in [-0.05, 0) is 95.4 Å². The number of hydrogen-bond donors (Lipinski definition) is 1. The third-order valence-corrected chi connectivity index (χ3v) is 10.3. The van der Waals surface area contributed by atoms with Gasteiger partial charge in [-0.25, -0.2) is 0 Å². The van der Waals surface area contributed by atoms with Crippen molar-refractivity contribution in [3.8, 4) is 0 Å². The Bertz CT molecular complexity index is 1700. The van der Waals surface area contributed by atoms with Crippen molar-refractivity contribution in [3.63, 3.8) is 0 Å². The van der Waals surface area contributed by atoms with Crippen LogP contribution in [0.4, 0.5) is 11.4 Å². The van der Waals surface area contributed by atoms with Gasteiger partial charge in [0.2, 0.25) is 0 Å². The van der Waals surface area contributed by atoms with Gasteiger partial charge in [0.1, 0.15) is 0 Å². The maximum atomic E-state index is 3.96. The van der Waals surface area contributed by atoms with Crippen LogP contribution < -0.4 is 10.2 Å². The normalized spacial score (nSPS) is 18.0. The minimum atomic E-state index is 0.0367. The maximum Gasteiger partial charge on any atom is 0.0605 e. The summed E-state index contributed by atoms with van der Waals surface area (Å²) in [6.07, 6.45) is 5.36. The molecule has 6 rings (SSSR count). The second-order valence-electron chi connectivity index (χ2n) is 10.4. The van der Waals surface area contributed by atoms with Crippen LogP contribution in [0.5, 0.6) is 0 Å². The van der Waals surface area contributed by atoms with Gasteiger partial charge in [-0.2, -0.15) is 0 Å². The molecular formula is C36H28Br4N2. The predicted molar refractivity (Wildman–Crippen MR) is 191 cm³/mol. The van der Waals surface area contributed by atoms with Gasteiger partial charge in [0, 0.05) is 47.4 Å². The number of rotatable bonds is 7. The van der Waals surface area contributed by atoms with Crippen LogP contribution in [0.25, 0.3) is 6.08 Å². The lowest BCUT2D eigenvalue weighted by Gasteiger charge is -2.46. The highest BCUT2D eigenvalue weighted by molar-refractivity contribution is 9.11. The van der Waals surface area contributed by atoms with Crippen LogP contribution in [-0.4, -0.2) is 6.04 Å². The van der Waals surface area contributed by atoms with Crippen molar-refractivity contribution in [2.45, 2.75) is 24.4 Å². The third-order valence-electron chi connectivity index (χ3n) is 7.83. The van der Waals surface area contributed by atoms with E-state index in [-0.39, 0.29) is 18.0 Å². The summed E-state index contributed by atoms with van der Waals surface area (Å²) in [5.41, 5.74) is 7.35. The van der Waals surface area contributed by atoms with Gasteiger partial charge in [-0.3, -0.25) is 0 Å². The molecule has 0 aromatic heterocycles. The number of benzene rings is 5. The van der Waals surface area contributed by atoms with Crippen molar-refractivity contribution in [1.29, 1.82) is 0 Å². The number of fused-ring (bicyclic) bond motifs is 1. The van der Waals surface area contributed by atoms with Gasteiger partial charge in [0.05, 0.1) is 6.04 Å². The van der Waals surface area contributed by atoms with Crippen LogP contribution in [0, 0.1) is 0 Å². The first-order valence-corrected chi connectivity index (χ1v) is 17.0. The van der Waals surface area contributed by atoms with Gasteiger partial charge in [0.15, 0.2) is 0 Å². The fraction of sp³-hybridized carbons (Fsp3) is 0.111. The van der Waals surface area contributed by atoms with Crippen molar-refractivity contribution < 1.29 is 0 Å². The van der Waals surface area contributed by atoms with Gasteiger partial charge in [-0.1, -0.05) is 124 Å². The summed E-state index contributed by atoms with van der Waals surface area (Å²) < 4.78 is 4.32. The molecule has 6 heteroatoms. The fourth-order valence-corrected chi connectivity index (χ4v) is 7.36. The molecule has 0 amide bonds. The third kappa shape index (κ3) is 6.47. The molecule has 0 aliphatic heterocycles. The van der Waals surface area contributed by atoms with Crippen molar-refractivity contribution in [2.75, 3.05) is 10.2 Å². The van der Waals surface area contributed by atoms with Crippen molar-refractivity contribution in [2.24, 2.45) is 0 Å². The highest BCUT2D eigenvalue weighted by Gasteiger charge is 2.41. The molecule has 1 aliphatic rings. The number of hydrogen-bond acceptors (Lipinski definition) is 2.